The van der Waals surface area contributed by atoms with Crippen LogP contribution in [-0.2, 0) is 4.79 Å². The van der Waals surface area contributed by atoms with Crippen LogP contribution in [0.1, 0.15) is 19.8 Å². The molecule has 0 spiro atoms. The van der Waals surface area contributed by atoms with E-state index in [1.54, 1.807) is 0 Å². The number of hydrogen-bond donors (Lipinski definition) is 1. The summed E-state index contributed by atoms with van der Waals surface area (Å²) in [6.45, 7) is 6.23. The van der Waals surface area contributed by atoms with Crippen LogP contribution in [0.5, 0.6) is 0 Å². The Morgan fingerprint density at radius 3 is 3.00 bits per heavy atom. The van der Waals surface area contributed by atoms with E-state index in [0.29, 0.717) is 24.4 Å². The molecule has 0 aliphatic carbocycles. The van der Waals surface area contributed by atoms with Crippen molar-refractivity contribution in [2.45, 2.75) is 31.8 Å². The van der Waals surface area contributed by atoms with E-state index in [-0.39, 0.29) is 0 Å². The summed E-state index contributed by atoms with van der Waals surface area (Å²) in [5.74, 6) is 2.58. The fourth-order valence-electron chi connectivity index (χ4n) is 2.82. The minimum absolute atomic E-state index is 0.331. The maximum absolute atomic E-state index is 12.4. The van der Waals surface area contributed by atoms with Gasteiger partial charge in [0.15, 0.2) is 0 Å². The number of rotatable bonds is 2. The zero-order chi connectivity index (χ0) is 13.0. The largest absolute Gasteiger partial charge is 0.339 e. The van der Waals surface area contributed by atoms with Crippen molar-refractivity contribution in [1.29, 1.82) is 0 Å². The Kier molecular flexibility index (Phi) is 5.33. The third kappa shape index (κ3) is 3.87. The quantitative estimate of drug-likeness (QED) is 0.799. The van der Waals surface area contributed by atoms with Gasteiger partial charge >= 0.3 is 0 Å². The molecule has 2 saturated heterocycles. The van der Waals surface area contributed by atoms with E-state index in [1.807, 2.05) is 11.8 Å². The van der Waals surface area contributed by atoms with Crippen molar-refractivity contribution in [3.8, 4) is 0 Å². The fourth-order valence-corrected chi connectivity index (χ4v) is 3.77. The number of likely N-dealkylation sites (N-methyl/N-ethyl adjacent to an activating group) is 1. The van der Waals surface area contributed by atoms with Gasteiger partial charge in [0.1, 0.15) is 0 Å². The lowest BCUT2D eigenvalue weighted by Gasteiger charge is -2.30. The first-order valence-corrected chi connectivity index (χ1v) is 8.11. The molecular weight excluding hydrogens is 246 g/mol. The number of amides is 1. The molecule has 2 unspecified atom stereocenters. The van der Waals surface area contributed by atoms with E-state index in [9.17, 15) is 4.79 Å². The number of thioether (sulfide) groups is 1. The summed E-state index contributed by atoms with van der Waals surface area (Å²) in [6, 6.07) is 0.727. The maximum Gasteiger partial charge on any atom is 0.224 e. The van der Waals surface area contributed by atoms with Gasteiger partial charge in [0.2, 0.25) is 5.91 Å². The van der Waals surface area contributed by atoms with Gasteiger partial charge in [-0.3, -0.25) is 4.79 Å². The molecule has 2 atom stereocenters. The molecular formula is C13H25N3OS. The highest BCUT2D eigenvalue weighted by atomic mass is 32.2. The summed E-state index contributed by atoms with van der Waals surface area (Å²) in [4.78, 5) is 16.8. The van der Waals surface area contributed by atoms with E-state index in [2.05, 4.69) is 29.1 Å². The predicted octanol–water partition coefficient (Wildman–Crippen LogP) is 0.634. The van der Waals surface area contributed by atoms with Gasteiger partial charge in [0.25, 0.3) is 0 Å². The lowest BCUT2D eigenvalue weighted by Crippen LogP contribution is -2.46. The normalized spacial score (nSPS) is 31.1. The molecule has 18 heavy (non-hydrogen) atoms. The second-order valence-corrected chi connectivity index (χ2v) is 6.63. The minimum atomic E-state index is 0.331. The number of nitrogens with zero attached hydrogens (tertiary/aromatic N) is 2. The van der Waals surface area contributed by atoms with Gasteiger partial charge < -0.3 is 15.1 Å². The molecule has 1 amide bonds. The monoisotopic (exact) mass is 271 g/mol. The van der Waals surface area contributed by atoms with Crippen LogP contribution in [0.3, 0.4) is 0 Å². The van der Waals surface area contributed by atoms with Crippen LogP contribution in [0.15, 0.2) is 0 Å². The third-order valence-electron chi connectivity index (χ3n) is 3.79. The van der Waals surface area contributed by atoms with Gasteiger partial charge in [-0.15, -0.1) is 0 Å². The summed E-state index contributed by atoms with van der Waals surface area (Å²) in [7, 11) is 2.14. The first kappa shape index (κ1) is 14.2. The van der Waals surface area contributed by atoms with E-state index in [1.165, 1.54) is 5.75 Å². The molecule has 2 aliphatic heterocycles. The van der Waals surface area contributed by atoms with E-state index < -0.39 is 0 Å². The Balaban J connectivity index is 1.86. The molecule has 0 aromatic rings. The van der Waals surface area contributed by atoms with Crippen molar-refractivity contribution in [3.63, 3.8) is 0 Å². The molecule has 2 fully saturated rings. The molecule has 104 valence electrons. The van der Waals surface area contributed by atoms with Gasteiger partial charge in [-0.2, -0.15) is 11.8 Å². The molecule has 0 radical (unpaired) electrons. The van der Waals surface area contributed by atoms with E-state index >= 15 is 0 Å². The topological polar surface area (TPSA) is 35.6 Å². The zero-order valence-electron chi connectivity index (χ0n) is 11.5. The molecule has 2 rings (SSSR count). The highest BCUT2D eigenvalue weighted by Crippen LogP contribution is 2.15. The Morgan fingerprint density at radius 2 is 2.28 bits per heavy atom. The highest BCUT2D eigenvalue weighted by molar-refractivity contribution is 7.99. The second kappa shape index (κ2) is 6.78. The molecule has 1 N–H and O–H groups in total. The third-order valence-corrected chi connectivity index (χ3v) is 4.92. The van der Waals surface area contributed by atoms with E-state index in [0.717, 1.165) is 38.4 Å². The fraction of sp³-hybridized carbons (Fsp3) is 0.923. The average Bonchev–Trinajstić information content (AvgIpc) is 2.51. The van der Waals surface area contributed by atoms with Crippen molar-refractivity contribution in [3.05, 3.63) is 0 Å². The number of carbonyl (C=O) groups is 1. The zero-order valence-corrected chi connectivity index (χ0v) is 12.3. The van der Waals surface area contributed by atoms with Crippen molar-refractivity contribution in [2.24, 2.45) is 0 Å². The Morgan fingerprint density at radius 1 is 1.44 bits per heavy atom. The summed E-state index contributed by atoms with van der Waals surface area (Å²) in [5, 5.41) is 3.45. The van der Waals surface area contributed by atoms with Gasteiger partial charge in [0.05, 0.1) is 0 Å². The van der Waals surface area contributed by atoms with Crippen molar-refractivity contribution >= 4 is 17.7 Å². The number of hydrogen-bond acceptors (Lipinski definition) is 4. The van der Waals surface area contributed by atoms with Gasteiger partial charge in [0, 0.05) is 49.6 Å². The van der Waals surface area contributed by atoms with Gasteiger partial charge in [-0.1, -0.05) is 0 Å². The lowest BCUT2D eigenvalue weighted by molar-refractivity contribution is -0.133. The molecule has 5 heteroatoms. The summed E-state index contributed by atoms with van der Waals surface area (Å²) in [6.07, 6.45) is 1.76. The number of nitrogens with one attached hydrogen (secondary N) is 1. The summed E-state index contributed by atoms with van der Waals surface area (Å²) < 4.78 is 0. The maximum atomic E-state index is 12.4. The van der Waals surface area contributed by atoms with Crippen LogP contribution >= 0.6 is 11.8 Å². The first-order chi connectivity index (χ1) is 8.66. The van der Waals surface area contributed by atoms with Crippen LogP contribution in [0, 0.1) is 0 Å². The summed E-state index contributed by atoms with van der Waals surface area (Å²) >= 11 is 1.96. The van der Waals surface area contributed by atoms with Gasteiger partial charge in [-0.05, 0) is 26.9 Å². The molecule has 0 aromatic heterocycles. The van der Waals surface area contributed by atoms with E-state index in [4.69, 9.17) is 0 Å². The smallest absolute Gasteiger partial charge is 0.224 e. The number of carbonyl (C=O) groups excluding carboxylic acids is 1. The molecule has 0 saturated carbocycles. The molecule has 4 nitrogen and oxygen atoms in total. The Labute approximate surface area is 114 Å². The van der Waals surface area contributed by atoms with Crippen LogP contribution < -0.4 is 5.32 Å². The Hall–Kier alpha value is -0.260. The highest BCUT2D eigenvalue weighted by Gasteiger charge is 2.26. The van der Waals surface area contributed by atoms with Crippen molar-refractivity contribution < 1.29 is 4.79 Å². The van der Waals surface area contributed by atoms with Crippen LogP contribution in [-0.4, -0.2) is 72.5 Å². The van der Waals surface area contributed by atoms with Crippen LogP contribution in [0.25, 0.3) is 0 Å². The SMILES string of the molecule is CC1CN(C)CCCN1C(=O)CC1CSCCN1. The van der Waals surface area contributed by atoms with Crippen molar-refractivity contribution in [2.75, 3.05) is 44.7 Å². The van der Waals surface area contributed by atoms with Gasteiger partial charge in [-0.25, -0.2) is 0 Å². The molecule has 2 aliphatic rings. The molecule has 2 heterocycles. The predicted molar refractivity (Wildman–Crippen MR) is 77.0 cm³/mol. The van der Waals surface area contributed by atoms with Crippen molar-refractivity contribution in [1.82, 2.24) is 15.1 Å². The minimum Gasteiger partial charge on any atom is -0.339 e. The second-order valence-electron chi connectivity index (χ2n) is 5.48. The average molecular weight is 271 g/mol. The van der Waals surface area contributed by atoms with Crippen LogP contribution in [0.4, 0.5) is 0 Å². The Bertz CT molecular complexity index is 281. The first-order valence-electron chi connectivity index (χ1n) is 6.96. The molecule has 0 bridgehead atoms. The standard InChI is InChI=1S/C13H25N3OS/c1-11-9-15(2)5-3-6-16(11)13(17)8-12-10-18-7-4-14-12/h11-12,14H,3-10H2,1-2H3. The molecule has 0 aromatic carbocycles. The summed E-state index contributed by atoms with van der Waals surface area (Å²) in [5.41, 5.74) is 0. The lowest BCUT2D eigenvalue weighted by atomic mass is 10.1. The van der Waals surface area contributed by atoms with Crippen LogP contribution in [0.2, 0.25) is 0 Å².